The standard InChI is InChI=1S/C15H15BrCl2N2O/c1-3-5-11(21-2)15-19-13(17)12(14(18)20-15)9-6-4-7-10(16)8-9/h4,6-8,11H,3,5H2,1-2H3. The summed E-state index contributed by atoms with van der Waals surface area (Å²) < 4.78 is 6.34. The Bertz CT molecular complexity index is 614. The van der Waals surface area contributed by atoms with Gasteiger partial charge in [0.05, 0.1) is 5.56 Å². The molecule has 0 fully saturated rings. The van der Waals surface area contributed by atoms with Gasteiger partial charge in [-0.15, -0.1) is 0 Å². The number of hydrogen-bond donors (Lipinski definition) is 0. The molecular formula is C15H15BrCl2N2O. The third-order valence-electron chi connectivity index (χ3n) is 3.07. The highest BCUT2D eigenvalue weighted by Crippen LogP contribution is 2.35. The maximum atomic E-state index is 6.32. The molecule has 6 heteroatoms. The number of benzene rings is 1. The van der Waals surface area contributed by atoms with Crippen molar-refractivity contribution in [2.75, 3.05) is 7.11 Å². The van der Waals surface area contributed by atoms with Crippen molar-refractivity contribution in [1.82, 2.24) is 9.97 Å². The number of methoxy groups -OCH3 is 1. The Labute approximate surface area is 142 Å². The van der Waals surface area contributed by atoms with Crippen LogP contribution in [0.2, 0.25) is 10.3 Å². The van der Waals surface area contributed by atoms with E-state index in [4.69, 9.17) is 27.9 Å². The Balaban J connectivity index is 2.47. The second kappa shape index (κ2) is 7.54. The summed E-state index contributed by atoms with van der Waals surface area (Å²) in [7, 11) is 1.63. The van der Waals surface area contributed by atoms with E-state index in [9.17, 15) is 0 Å². The molecule has 112 valence electrons. The highest BCUT2D eigenvalue weighted by molar-refractivity contribution is 9.10. The molecule has 1 atom stereocenters. The molecule has 0 aliphatic carbocycles. The van der Waals surface area contributed by atoms with Gasteiger partial charge in [0.25, 0.3) is 0 Å². The Hall–Kier alpha value is -0.680. The summed E-state index contributed by atoms with van der Waals surface area (Å²) in [6, 6.07) is 7.69. The molecule has 0 saturated heterocycles. The number of aromatic nitrogens is 2. The molecule has 1 aromatic carbocycles. The normalized spacial score (nSPS) is 12.4. The fraction of sp³-hybridized carbons (Fsp3) is 0.333. The van der Waals surface area contributed by atoms with Gasteiger partial charge >= 0.3 is 0 Å². The van der Waals surface area contributed by atoms with Gasteiger partial charge in [-0.25, -0.2) is 9.97 Å². The molecule has 0 aliphatic rings. The molecule has 0 spiro atoms. The maximum absolute atomic E-state index is 6.32. The number of ether oxygens (including phenoxy) is 1. The number of halogens is 3. The minimum atomic E-state index is -0.193. The first-order valence-corrected chi connectivity index (χ1v) is 8.13. The van der Waals surface area contributed by atoms with Gasteiger partial charge in [-0.05, 0) is 24.1 Å². The average molecular weight is 390 g/mol. The summed E-state index contributed by atoms with van der Waals surface area (Å²) >= 11 is 16.1. The van der Waals surface area contributed by atoms with E-state index < -0.39 is 0 Å². The van der Waals surface area contributed by atoms with Gasteiger partial charge in [0, 0.05) is 11.6 Å². The van der Waals surface area contributed by atoms with Crippen molar-refractivity contribution in [1.29, 1.82) is 0 Å². The lowest BCUT2D eigenvalue weighted by molar-refractivity contribution is 0.0876. The van der Waals surface area contributed by atoms with Crippen molar-refractivity contribution in [3.8, 4) is 11.1 Å². The Morgan fingerprint density at radius 1 is 1.24 bits per heavy atom. The minimum absolute atomic E-state index is 0.193. The van der Waals surface area contributed by atoms with Crippen molar-refractivity contribution in [3.05, 3.63) is 44.9 Å². The van der Waals surface area contributed by atoms with Crippen molar-refractivity contribution in [3.63, 3.8) is 0 Å². The lowest BCUT2D eigenvalue weighted by atomic mass is 10.1. The highest BCUT2D eigenvalue weighted by Gasteiger charge is 2.19. The van der Waals surface area contributed by atoms with Crippen molar-refractivity contribution >= 4 is 39.1 Å². The van der Waals surface area contributed by atoms with Crippen LogP contribution in [-0.4, -0.2) is 17.1 Å². The van der Waals surface area contributed by atoms with Crippen LogP contribution < -0.4 is 0 Å². The van der Waals surface area contributed by atoms with Crippen molar-refractivity contribution < 1.29 is 4.74 Å². The fourth-order valence-corrected chi connectivity index (χ4v) is 3.08. The van der Waals surface area contributed by atoms with Crippen LogP contribution in [0, 0.1) is 0 Å². The summed E-state index contributed by atoms with van der Waals surface area (Å²) in [6.07, 6.45) is 1.59. The zero-order chi connectivity index (χ0) is 15.4. The molecule has 0 bridgehead atoms. The Morgan fingerprint density at radius 3 is 2.43 bits per heavy atom. The van der Waals surface area contributed by atoms with Gasteiger partial charge < -0.3 is 4.74 Å². The van der Waals surface area contributed by atoms with E-state index in [1.807, 2.05) is 24.3 Å². The first kappa shape index (κ1) is 16.7. The van der Waals surface area contributed by atoms with E-state index in [1.54, 1.807) is 7.11 Å². The summed E-state index contributed by atoms with van der Waals surface area (Å²) in [5, 5.41) is 0.669. The zero-order valence-electron chi connectivity index (χ0n) is 11.7. The van der Waals surface area contributed by atoms with E-state index in [0.717, 1.165) is 22.9 Å². The van der Waals surface area contributed by atoms with Crippen LogP contribution >= 0.6 is 39.1 Å². The van der Waals surface area contributed by atoms with Crippen molar-refractivity contribution in [2.45, 2.75) is 25.9 Å². The van der Waals surface area contributed by atoms with E-state index >= 15 is 0 Å². The molecule has 0 aliphatic heterocycles. The molecule has 0 amide bonds. The molecule has 2 rings (SSSR count). The van der Waals surface area contributed by atoms with Crippen molar-refractivity contribution in [2.24, 2.45) is 0 Å². The van der Waals surface area contributed by atoms with Gasteiger partial charge in [-0.2, -0.15) is 0 Å². The largest absolute Gasteiger partial charge is 0.373 e. The SMILES string of the molecule is CCCC(OC)c1nc(Cl)c(-c2cccc(Br)c2)c(Cl)n1. The second-order valence-corrected chi connectivity index (χ2v) is 6.19. The van der Waals surface area contributed by atoms with Crippen LogP contribution in [0.15, 0.2) is 28.7 Å². The van der Waals surface area contributed by atoms with Crippen LogP contribution in [-0.2, 0) is 4.74 Å². The summed E-state index contributed by atoms with van der Waals surface area (Å²) in [4.78, 5) is 8.72. The van der Waals surface area contributed by atoms with Gasteiger partial charge in [0.1, 0.15) is 16.4 Å². The molecule has 1 heterocycles. The van der Waals surface area contributed by atoms with E-state index in [2.05, 4.69) is 32.8 Å². The molecule has 2 aromatic rings. The first-order chi connectivity index (χ1) is 10.1. The van der Waals surface area contributed by atoms with Gasteiger partial charge in [0.2, 0.25) is 0 Å². The predicted molar refractivity (Wildman–Crippen MR) is 89.8 cm³/mol. The minimum Gasteiger partial charge on any atom is -0.373 e. The Morgan fingerprint density at radius 2 is 1.90 bits per heavy atom. The van der Waals surface area contributed by atoms with E-state index in [1.165, 1.54) is 0 Å². The Kier molecular flexibility index (Phi) is 5.99. The smallest absolute Gasteiger partial charge is 0.160 e. The highest BCUT2D eigenvalue weighted by atomic mass is 79.9. The number of rotatable bonds is 5. The summed E-state index contributed by atoms with van der Waals surface area (Å²) in [5.74, 6) is 0.521. The topological polar surface area (TPSA) is 35.0 Å². The van der Waals surface area contributed by atoms with Crippen LogP contribution in [0.1, 0.15) is 31.7 Å². The quantitative estimate of drug-likeness (QED) is 0.615. The molecule has 3 nitrogen and oxygen atoms in total. The van der Waals surface area contributed by atoms with Crippen LogP contribution in [0.5, 0.6) is 0 Å². The van der Waals surface area contributed by atoms with Crippen LogP contribution in [0.25, 0.3) is 11.1 Å². The lowest BCUT2D eigenvalue weighted by Gasteiger charge is -2.15. The number of nitrogens with zero attached hydrogens (tertiary/aromatic N) is 2. The molecule has 1 aromatic heterocycles. The molecule has 0 saturated carbocycles. The summed E-state index contributed by atoms with van der Waals surface area (Å²) in [6.45, 7) is 2.07. The number of hydrogen-bond acceptors (Lipinski definition) is 3. The third kappa shape index (κ3) is 3.95. The second-order valence-electron chi connectivity index (χ2n) is 4.56. The predicted octanol–water partition coefficient (Wildman–Crippen LogP) is 5.70. The lowest BCUT2D eigenvalue weighted by Crippen LogP contribution is -2.08. The molecule has 0 radical (unpaired) electrons. The average Bonchev–Trinajstić information content (AvgIpc) is 2.44. The van der Waals surface area contributed by atoms with E-state index in [0.29, 0.717) is 21.7 Å². The monoisotopic (exact) mass is 388 g/mol. The van der Waals surface area contributed by atoms with Gasteiger partial charge in [0.15, 0.2) is 5.82 Å². The maximum Gasteiger partial charge on any atom is 0.160 e. The first-order valence-electron chi connectivity index (χ1n) is 6.58. The molecule has 21 heavy (non-hydrogen) atoms. The van der Waals surface area contributed by atoms with Crippen LogP contribution in [0.3, 0.4) is 0 Å². The summed E-state index contributed by atoms with van der Waals surface area (Å²) in [5.41, 5.74) is 1.50. The molecule has 1 unspecified atom stereocenters. The van der Waals surface area contributed by atoms with E-state index in [-0.39, 0.29) is 6.10 Å². The molecule has 0 N–H and O–H groups in total. The third-order valence-corrected chi connectivity index (χ3v) is 4.11. The molecular weight excluding hydrogens is 375 g/mol. The fourth-order valence-electron chi connectivity index (χ4n) is 2.06. The van der Waals surface area contributed by atoms with Gasteiger partial charge in [-0.1, -0.05) is 64.6 Å². The van der Waals surface area contributed by atoms with Gasteiger partial charge in [-0.3, -0.25) is 0 Å². The zero-order valence-corrected chi connectivity index (χ0v) is 14.8. The van der Waals surface area contributed by atoms with Crippen LogP contribution in [0.4, 0.5) is 0 Å².